The van der Waals surface area contributed by atoms with E-state index in [1.165, 1.54) is 167 Å². The van der Waals surface area contributed by atoms with E-state index in [4.69, 9.17) is 25.4 Å². The topological polar surface area (TPSA) is 177 Å². The molecule has 11 heteroatoms. The summed E-state index contributed by atoms with van der Waals surface area (Å²) in [5.41, 5.74) is 4.78. The van der Waals surface area contributed by atoms with Crippen molar-refractivity contribution in [1.29, 1.82) is 0 Å². The van der Waals surface area contributed by atoms with Crippen LogP contribution in [-0.4, -0.2) is 63.7 Å². The van der Waals surface area contributed by atoms with Crippen LogP contribution in [0.2, 0.25) is 0 Å². The fraction of sp³-hybridized carbons (Fsp3) is 0.878. The maximum Gasteiger partial charge on any atom is 0.469 e. The van der Waals surface area contributed by atoms with Crippen LogP contribution in [0.4, 0.5) is 0 Å². The Morgan fingerprint density at radius 2 is 0.833 bits per heavy atom. The number of ketones is 1. The van der Waals surface area contributed by atoms with Gasteiger partial charge in [0.25, 0.3) is 0 Å². The molecule has 2 unspecified atom stereocenters. The number of ether oxygens (including phenoxy) is 1. The summed E-state index contributed by atoms with van der Waals surface area (Å²) < 4.78 is 21.0. The summed E-state index contributed by atoms with van der Waals surface area (Å²) in [7, 11) is -4.85. The van der Waals surface area contributed by atoms with E-state index in [0.29, 0.717) is 19.4 Å². The van der Waals surface area contributed by atoms with Crippen LogP contribution < -0.4 is 5.73 Å². The van der Waals surface area contributed by atoms with E-state index in [-0.39, 0.29) is 19.4 Å². The minimum atomic E-state index is -4.85. The van der Waals surface area contributed by atoms with Crippen LogP contribution in [0.15, 0.2) is 24.3 Å². The first-order valence-corrected chi connectivity index (χ1v) is 26.4. The number of carbonyl (C=O) groups is 2. The smallest absolute Gasteiger partial charge is 0.451 e. The third-order valence-corrected chi connectivity index (χ3v) is 11.3. The lowest BCUT2D eigenvalue weighted by molar-refractivity contribution is -0.163. The van der Waals surface area contributed by atoms with Crippen molar-refractivity contribution >= 4 is 19.6 Å². The van der Waals surface area contributed by atoms with E-state index in [9.17, 15) is 19.3 Å². The summed E-state index contributed by atoms with van der Waals surface area (Å²) in [5, 5.41) is 18.3. The van der Waals surface area contributed by atoms with Gasteiger partial charge in [0.1, 0.15) is 6.10 Å². The normalized spacial score (nSPS) is 12.8. The van der Waals surface area contributed by atoms with Crippen LogP contribution in [0.25, 0.3) is 0 Å². The van der Waals surface area contributed by atoms with Gasteiger partial charge in [-0.1, -0.05) is 192 Å². The van der Waals surface area contributed by atoms with Gasteiger partial charge < -0.3 is 30.5 Å². The van der Waals surface area contributed by atoms with Crippen molar-refractivity contribution < 1.29 is 43.4 Å². The first-order valence-electron chi connectivity index (χ1n) is 24.8. The van der Waals surface area contributed by atoms with Crippen LogP contribution in [0, 0.1) is 0 Å². The molecule has 0 spiro atoms. The van der Waals surface area contributed by atoms with Gasteiger partial charge in [-0.15, -0.1) is 0 Å². The molecule has 0 bridgehead atoms. The second kappa shape index (κ2) is 48.6. The number of hydrogen-bond donors (Lipinski definition) is 5. The highest BCUT2D eigenvalue weighted by Gasteiger charge is 2.32. The standard InChI is InChI=1S/C47H89O8P.C2H7NO/c1-3-5-7-9-11-13-15-17-19-21-23-25-27-29-31-33-35-37-39-41-44(48)47(45(49)43-54-56(51,52)53)55-46(50)42-40-38-36-34-32-30-28-26-24-22-20-18-16-14-12-10-8-6-4-2;3-1-2-4/h17-20,45,47,49H,3-16,21-43H2,1-2H3,(H2,51,52,53);4H,1-3H2/b19-17-,20-18-;. The first-order chi connectivity index (χ1) is 29.1. The van der Waals surface area contributed by atoms with Gasteiger partial charge in [-0.2, -0.15) is 0 Å². The molecule has 0 aromatic heterocycles. The lowest BCUT2D eigenvalue weighted by Gasteiger charge is -2.22. The molecule has 10 nitrogen and oxygen atoms in total. The van der Waals surface area contributed by atoms with E-state index in [1.807, 2.05) is 0 Å². The van der Waals surface area contributed by atoms with Gasteiger partial charge in [-0.25, -0.2) is 4.57 Å². The number of rotatable bonds is 45. The number of phosphoric ester groups is 1. The Bertz CT molecular complexity index is 1020. The number of esters is 1. The van der Waals surface area contributed by atoms with Gasteiger partial charge in [-0.05, 0) is 64.2 Å². The fourth-order valence-corrected chi connectivity index (χ4v) is 7.43. The van der Waals surface area contributed by atoms with Crippen molar-refractivity contribution in [3.8, 4) is 0 Å². The summed E-state index contributed by atoms with van der Waals surface area (Å²) in [5.74, 6) is -1.02. The molecule has 0 fully saturated rings. The van der Waals surface area contributed by atoms with Gasteiger partial charge in [-0.3, -0.25) is 14.1 Å². The highest BCUT2D eigenvalue weighted by molar-refractivity contribution is 7.46. The summed E-state index contributed by atoms with van der Waals surface area (Å²) in [6.07, 6.45) is 47.3. The Kier molecular flexibility index (Phi) is 49.2. The lowest BCUT2D eigenvalue weighted by Crippen LogP contribution is -2.40. The number of unbranched alkanes of at least 4 members (excludes halogenated alkanes) is 30. The van der Waals surface area contributed by atoms with E-state index in [1.54, 1.807) is 0 Å². The summed E-state index contributed by atoms with van der Waals surface area (Å²) in [4.78, 5) is 43.7. The van der Waals surface area contributed by atoms with Crippen LogP contribution in [0.5, 0.6) is 0 Å². The highest BCUT2D eigenvalue weighted by Crippen LogP contribution is 2.36. The van der Waals surface area contributed by atoms with Crippen LogP contribution >= 0.6 is 7.82 Å². The molecule has 0 rings (SSSR count). The van der Waals surface area contributed by atoms with Crippen molar-refractivity contribution in [1.82, 2.24) is 0 Å². The molecule has 60 heavy (non-hydrogen) atoms. The van der Waals surface area contributed by atoms with Crippen molar-refractivity contribution in [2.45, 2.75) is 257 Å². The molecule has 2 atom stereocenters. The molecule has 0 saturated heterocycles. The van der Waals surface area contributed by atoms with Gasteiger partial charge in [0.2, 0.25) is 0 Å². The van der Waals surface area contributed by atoms with Gasteiger partial charge >= 0.3 is 13.8 Å². The molecule has 0 radical (unpaired) electrons. The average molecular weight is 874 g/mol. The van der Waals surface area contributed by atoms with E-state index >= 15 is 0 Å². The number of nitrogens with two attached hydrogens (primary N) is 1. The van der Waals surface area contributed by atoms with Crippen molar-refractivity contribution in [2.24, 2.45) is 5.73 Å². The Morgan fingerprint density at radius 3 is 1.15 bits per heavy atom. The molecule has 356 valence electrons. The highest BCUT2D eigenvalue weighted by atomic mass is 31.2. The van der Waals surface area contributed by atoms with Gasteiger partial charge in [0.15, 0.2) is 11.9 Å². The first kappa shape index (κ1) is 60.7. The molecule has 0 saturated carbocycles. The van der Waals surface area contributed by atoms with E-state index < -0.39 is 38.4 Å². The number of aliphatic hydroxyl groups is 2. The molecule has 0 heterocycles. The third-order valence-electron chi connectivity index (χ3n) is 10.8. The number of carbonyl (C=O) groups excluding carboxylic acids is 2. The minimum absolute atomic E-state index is 0.0972. The van der Waals surface area contributed by atoms with Crippen LogP contribution in [0.3, 0.4) is 0 Å². The molecule has 0 aliphatic rings. The fourth-order valence-electron chi connectivity index (χ4n) is 7.09. The Balaban J connectivity index is 0. The summed E-state index contributed by atoms with van der Waals surface area (Å²) >= 11 is 0. The average Bonchev–Trinajstić information content (AvgIpc) is 3.23. The summed E-state index contributed by atoms with van der Waals surface area (Å²) in [6.45, 7) is 4.20. The summed E-state index contributed by atoms with van der Waals surface area (Å²) in [6, 6.07) is 0. The molecule has 0 aliphatic carbocycles. The SMILES string of the molecule is CCCCCCCC/C=C\CCCCCCCCCCCC(=O)OC(C(=O)CCCCCCCCCCC/C=C\CCCCCCCC)C(O)COP(=O)(O)O.NCCO. The maximum absolute atomic E-state index is 13.0. The Labute approximate surface area is 368 Å². The second-order valence-electron chi connectivity index (χ2n) is 16.7. The van der Waals surface area contributed by atoms with E-state index in [2.05, 4.69) is 42.7 Å². The zero-order valence-electron chi connectivity index (χ0n) is 38.9. The predicted octanol–water partition coefficient (Wildman–Crippen LogP) is 13.1. The molecule has 0 aromatic carbocycles. The Morgan fingerprint density at radius 1 is 0.533 bits per heavy atom. The quantitative estimate of drug-likeness (QED) is 0.0171. The number of aliphatic hydroxyl groups excluding tert-OH is 2. The molecule has 0 aromatic rings. The van der Waals surface area contributed by atoms with Crippen LogP contribution in [-0.2, 0) is 23.4 Å². The Hall–Kier alpha value is -1.39. The van der Waals surface area contributed by atoms with Crippen molar-refractivity contribution in [2.75, 3.05) is 19.8 Å². The zero-order valence-corrected chi connectivity index (χ0v) is 39.8. The molecule has 0 amide bonds. The zero-order chi connectivity index (χ0) is 44.6. The predicted molar refractivity (Wildman–Crippen MR) is 251 cm³/mol. The van der Waals surface area contributed by atoms with Crippen molar-refractivity contribution in [3.63, 3.8) is 0 Å². The molecular formula is C49H96NO9P. The second-order valence-corrected chi connectivity index (χ2v) is 18.0. The molecule has 0 aliphatic heterocycles. The van der Waals surface area contributed by atoms with Crippen LogP contribution in [0.1, 0.15) is 245 Å². The maximum atomic E-state index is 13.0. The number of allylic oxidation sites excluding steroid dienone is 4. The van der Waals surface area contributed by atoms with E-state index in [0.717, 1.165) is 38.5 Å². The largest absolute Gasteiger partial charge is 0.469 e. The monoisotopic (exact) mass is 874 g/mol. The number of hydrogen-bond acceptors (Lipinski definition) is 8. The van der Waals surface area contributed by atoms with Crippen molar-refractivity contribution in [3.05, 3.63) is 24.3 Å². The number of Topliss-reactive ketones (excluding diaryl/α,β-unsaturated/α-hetero) is 1. The van der Waals surface area contributed by atoms with Gasteiger partial charge in [0, 0.05) is 19.4 Å². The third kappa shape index (κ3) is 49.3. The number of phosphoric acid groups is 1. The minimum Gasteiger partial charge on any atom is -0.451 e. The molecular weight excluding hydrogens is 778 g/mol. The lowest BCUT2D eigenvalue weighted by atomic mass is 10.0. The molecule has 6 N–H and O–H groups in total. The van der Waals surface area contributed by atoms with Gasteiger partial charge in [0.05, 0.1) is 13.2 Å².